The maximum absolute atomic E-state index is 12.2. The summed E-state index contributed by atoms with van der Waals surface area (Å²) in [6.07, 6.45) is 6.16. The van der Waals surface area contributed by atoms with E-state index in [0.29, 0.717) is 18.9 Å². The smallest absolute Gasteiger partial charge is 0.220 e. The standard InChI is InChI=1S/C19H28N2O2/c22-14-18-7-3-4-9-21(18)10-8-20-19(23)13-15-11-16-5-1-2-6-17(16)12-15/h1-2,5-6,15,18,22H,3-4,7-14H2,(H,20,23)/t18-/m1/s1. The van der Waals surface area contributed by atoms with Crippen LogP contribution in [0.2, 0.25) is 0 Å². The van der Waals surface area contributed by atoms with Gasteiger partial charge in [0.2, 0.25) is 5.91 Å². The lowest BCUT2D eigenvalue weighted by Crippen LogP contribution is -2.45. The van der Waals surface area contributed by atoms with Crippen LogP contribution >= 0.6 is 0 Å². The van der Waals surface area contributed by atoms with Crippen molar-refractivity contribution in [2.24, 2.45) is 5.92 Å². The Morgan fingerprint density at radius 1 is 1.22 bits per heavy atom. The molecule has 1 atom stereocenters. The normalized spacial score (nSPS) is 22.0. The number of aliphatic hydroxyl groups is 1. The third kappa shape index (κ3) is 4.33. The van der Waals surface area contributed by atoms with Gasteiger partial charge >= 0.3 is 0 Å². The second-order valence-corrected chi connectivity index (χ2v) is 6.97. The molecule has 1 aromatic carbocycles. The zero-order valence-electron chi connectivity index (χ0n) is 13.8. The zero-order valence-corrected chi connectivity index (χ0v) is 13.8. The van der Waals surface area contributed by atoms with Crippen molar-refractivity contribution in [2.75, 3.05) is 26.2 Å². The first-order chi connectivity index (χ1) is 11.3. The van der Waals surface area contributed by atoms with Gasteiger partial charge in [0, 0.05) is 25.6 Å². The number of hydrogen-bond acceptors (Lipinski definition) is 3. The molecule has 126 valence electrons. The Morgan fingerprint density at radius 2 is 1.96 bits per heavy atom. The maximum Gasteiger partial charge on any atom is 0.220 e. The van der Waals surface area contributed by atoms with Crippen molar-refractivity contribution >= 4 is 5.91 Å². The molecule has 0 radical (unpaired) electrons. The number of likely N-dealkylation sites (tertiary alicyclic amines) is 1. The summed E-state index contributed by atoms with van der Waals surface area (Å²) in [4.78, 5) is 14.5. The Morgan fingerprint density at radius 3 is 2.65 bits per heavy atom. The highest BCUT2D eigenvalue weighted by Crippen LogP contribution is 2.28. The second kappa shape index (κ2) is 7.93. The highest BCUT2D eigenvalue weighted by molar-refractivity contribution is 5.76. The van der Waals surface area contributed by atoms with Crippen LogP contribution in [0.5, 0.6) is 0 Å². The molecule has 2 N–H and O–H groups in total. The van der Waals surface area contributed by atoms with Crippen LogP contribution in [0.1, 0.15) is 36.8 Å². The fourth-order valence-corrected chi connectivity index (χ4v) is 4.03. The van der Waals surface area contributed by atoms with Gasteiger partial charge in [-0.2, -0.15) is 0 Å². The van der Waals surface area contributed by atoms with Crippen LogP contribution < -0.4 is 5.32 Å². The first kappa shape index (κ1) is 16.5. The molecule has 1 fully saturated rings. The van der Waals surface area contributed by atoms with E-state index in [1.54, 1.807) is 0 Å². The van der Waals surface area contributed by atoms with E-state index in [9.17, 15) is 9.90 Å². The van der Waals surface area contributed by atoms with E-state index in [-0.39, 0.29) is 18.6 Å². The van der Waals surface area contributed by atoms with Gasteiger partial charge in [-0.25, -0.2) is 0 Å². The maximum atomic E-state index is 12.2. The van der Waals surface area contributed by atoms with Crippen molar-refractivity contribution in [3.8, 4) is 0 Å². The number of aliphatic hydroxyl groups excluding tert-OH is 1. The molecule has 1 aliphatic carbocycles. The number of fused-ring (bicyclic) bond motifs is 1. The number of piperidine rings is 1. The fraction of sp³-hybridized carbons (Fsp3) is 0.632. The third-order valence-corrected chi connectivity index (χ3v) is 5.29. The minimum Gasteiger partial charge on any atom is -0.395 e. The van der Waals surface area contributed by atoms with Crippen molar-refractivity contribution in [3.05, 3.63) is 35.4 Å². The highest BCUT2D eigenvalue weighted by Gasteiger charge is 2.24. The largest absolute Gasteiger partial charge is 0.395 e. The number of nitrogens with one attached hydrogen (secondary N) is 1. The van der Waals surface area contributed by atoms with Gasteiger partial charge in [0.1, 0.15) is 0 Å². The van der Waals surface area contributed by atoms with Gasteiger partial charge in [-0.1, -0.05) is 30.7 Å². The summed E-state index contributed by atoms with van der Waals surface area (Å²) in [6, 6.07) is 8.80. The van der Waals surface area contributed by atoms with E-state index in [4.69, 9.17) is 0 Å². The Kier molecular flexibility index (Phi) is 5.68. The van der Waals surface area contributed by atoms with E-state index >= 15 is 0 Å². The topological polar surface area (TPSA) is 52.6 Å². The Balaban J connectivity index is 1.37. The number of hydrogen-bond donors (Lipinski definition) is 2. The molecule has 0 aromatic heterocycles. The van der Waals surface area contributed by atoms with E-state index < -0.39 is 0 Å². The van der Waals surface area contributed by atoms with E-state index in [1.807, 2.05) is 0 Å². The second-order valence-electron chi connectivity index (χ2n) is 6.97. The monoisotopic (exact) mass is 316 g/mol. The molecule has 1 aromatic rings. The van der Waals surface area contributed by atoms with Crippen molar-refractivity contribution < 1.29 is 9.90 Å². The van der Waals surface area contributed by atoms with Crippen LogP contribution in [0.3, 0.4) is 0 Å². The summed E-state index contributed by atoms with van der Waals surface area (Å²) in [5, 5.41) is 12.5. The third-order valence-electron chi connectivity index (χ3n) is 5.29. The Hall–Kier alpha value is -1.39. The van der Waals surface area contributed by atoms with Gasteiger partial charge in [-0.3, -0.25) is 9.69 Å². The molecule has 4 heteroatoms. The minimum atomic E-state index is 0.167. The summed E-state index contributed by atoms with van der Waals surface area (Å²) in [6.45, 7) is 2.81. The number of amides is 1. The molecule has 0 spiro atoms. The van der Waals surface area contributed by atoms with Crippen LogP contribution in [0.4, 0.5) is 0 Å². The molecule has 1 saturated heterocycles. The number of carbonyl (C=O) groups is 1. The fourth-order valence-electron chi connectivity index (χ4n) is 4.03. The van der Waals surface area contributed by atoms with Crippen LogP contribution in [-0.2, 0) is 17.6 Å². The molecule has 1 heterocycles. The SMILES string of the molecule is O=C(CC1Cc2ccccc2C1)NCCN1CCCC[C@@H]1CO. The number of rotatable bonds is 6. The average Bonchev–Trinajstić information content (AvgIpc) is 2.97. The van der Waals surface area contributed by atoms with Crippen molar-refractivity contribution in [2.45, 2.75) is 44.6 Å². The van der Waals surface area contributed by atoms with E-state index in [0.717, 1.165) is 32.4 Å². The molecule has 1 aliphatic heterocycles. The van der Waals surface area contributed by atoms with Crippen LogP contribution in [0.25, 0.3) is 0 Å². The van der Waals surface area contributed by atoms with Crippen molar-refractivity contribution in [3.63, 3.8) is 0 Å². The van der Waals surface area contributed by atoms with Gasteiger partial charge in [-0.15, -0.1) is 0 Å². The van der Waals surface area contributed by atoms with Crippen LogP contribution in [-0.4, -0.2) is 48.2 Å². The molecule has 23 heavy (non-hydrogen) atoms. The van der Waals surface area contributed by atoms with E-state index in [1.165, 1.54) is 24.0 Å². The van der Waals surface area contributed by atoms with Crippen LogP contribution in [0, 0.1) is 5.92 Å². The van der Waals surface area contributed by atoms with Crippen molar-refractivity contribution in [1.82, 2.24) is 10.2 Å². The first-order valence-electron chi connectivity index (χ1n) is 8.94. The number of nitrogens with zero attached hydrogens (tertiary/aromatic N) is 1. The molecular weight excluding hydrogens is 288 g/mol. The number of carbonyl (C=O) groups excluding carboxylic acids is 1. The van der Waals surface area contributed by atoms with Gasteiger partial charge in [0.05, 0.1) is 6.61 Å². The Labute approximate surface area is 138 Å². The average molecular weight is 316 g/mol. The van der Waals surface area contributed by atoms with Gasteiger partial charge in [0.15, 0.2) is 0 Å². The Bertz CT molecular complexity index is 507. The summed E-state index contributed by atoms with van der Waals surface area (Å²) >= 11 is 0. The molecular formula is C19H28N2O2. The van der Waals surface area contributed by atoms with Crippen LogP contribution in [0.15, 0.2) is 24.3 Å². The predicted molar refractivity (Wildman–Crippen MR) is 91.3 cm³/mol. The minimum absolute atomic E-state index is 0.167. The quantitative estimate of drug-likeness (QED) is 0.841. The number of benzene rings is 1. The predicted octanol–water partition coefficient (Wildman–Crippen LogP) is 1.75. The summed E-state index contributed by atoms with van der Waals surface area (Å²) in [5.41, 5.74) is 2.81. The highest BCUT2D eigenvalue weighted by atomic mass is 16.3. The molecule has 1 amide bonds. The van der Waals surface area contributed by atoms with Gasteiger partial charge in [-0.05, 0) is 49.3 Å². The van der Waals surface area contributed by atoms with E-state index in [2.05, 4.69) is 34.5 Å². The molecule has 3 rings (SSSR count). The van der Waals surface area contributed by atoms with Crippen molar-refractivity contribution in [1.29, 1.82) is 0 Å². The molecule has 0 bridgehead atoms. The van der Waals surface area contributed by atoms with Gasteiger partial charge in [0.25, 0.3) is 0 Å². The zero-order chi connectivity index (χ0) is 16.1. The summed E-state index contributed by atoms with van der Waals surface area (Å²) < 4.78 is 0. The lowest BCUT2D eigenvalue weighted by Gasteiger charge is -2.34. The lowest BCUT2D eigenvalue weighted by atomic mass is 10.0. The van der Waals surface area contributed by atoms with Gasteiger partial charge < -0.3 is 10.4 Å². The summed E-state index contributed by atoms with van der Waals surface area (Å²) in [5.74, 6) is 0.618. The molecule has 4 nitrogen and oxygen atoms in total. The molecule has 0 unspecified atom stereocenters. The molecule has 2 aliphatic rings. The molecule has 0 saturated carbocycles. The summed E-state index contributed by atoms with van der Waals surface area (Å²) in [7, 11) is 0. The lowest BCUT2D eigenvalue weighted by molar-refractivity contribution is -0.122. The first-order valence-corrected chi connectivity index (χ1v) is 8.94.